The third kappa shape index (κ3) is 4.59. The van der Waals surface area contributed by atoms with Crippen molar-refractivity contribution in [3.8, 4) is 5.75 Å². The van der Waals surface area contributed by atoms with Crippen LogP contribution in [0.1, 0.15) is 34.0 Å². The fourth-order valence-electron chi connectivity index (χ4n) is 2.28. The minimum atomic E-state index is -0.198. The summed E-state index contributed by atoms with van der Waals surface area (Å²) in [6.45, 7) is 2.22. The average molecular weight is 373 g/mol. The van der Waals surface area contributed by atoms with Gasteiger partial charge in [0, 0.05) is 5.38 Å². The Kier molecular flexibility index (Phi) is 5.68. The van der Waals surface area contributed by atoms with Gasteiger partial charge in [-0.25, -0.2) is 4.98 Å². The number of aromatic nitrogens is 1. The predicted molar refractivity (Wildman–Crippen MR) is 100 cm³/mol. The predicted octanol–water partition coefficient (Wildman–Crippen LogP) is 4.87. The first-order valence-electron chi connectivity index (χ1n) is 7.81. The second-order valence-electron chi connectivity index (χ2n) is 5.45. The summed E-state index contributed by atoms with van der Waals surface area (Å²) in [5.74, 6) is 0.402. The van der Waals surface area contributed by atoms with Gasteiger partial charge in [-0.05, 0) is 24.6 Å². The molecule has 1 amide bonds. The number of para-hydroxylation sites is 1. The molecule has 0 unspecified atom stereocenters. The first kappa shape index (κ1) is 17.5. The molecule has 0 fully saturated rings. The molecule has 0 radical (unpaired) electrons. The third-order valence-electron chi connectivity index (χ3n) is 3.62. The molecule has 1 atom stereocenters. The number of carbonyl (C=O) groups is 1. The number of nitrogens with zero attached hydrogens (tertiary/aromatic N) is 1. The van der Waals surface area contributed by atoms with Crippen LogP contribution in [0.5, 0.6) is 5.75 Å². The number of amides is 1. The largest absolute Gasteiger partial charge is 0.485 e. The lowest BCUT2D eigenvalue weighted by molar-refractivity contribution is 0.0935. The van der Waals surface area contributed by atoms with E-state index in [1.54, 1.807) is 17.5 Å². The van der Waals surface area contributed by atoms with Crippen molar-refractivity contribution in [2.75, 3.05) is 0 Å². The zero-order valence-corrected chi connectivity index (χ0v) is 15.2. The molecule has 1 N–H and O–H groups in total. The number of halogens is 1. The second kappa shape index (κ2) is 8.14. The molecule has 0 spiro atoms. The molecule has 0 aliphatic carbocycles. The summed E-state index contributed by atoms with van der Waals surface area (Å²) < 4.78 is 5.65. The van der Waals surface area contributed by atoms with E-state index >= 15 is 0 Å². The lowest BCUT2D eigenvalue weighted by Gasteiger charge is -2.13. The van der Waals surface area contributed by atoms with E-state index in [9.17, 15) is 4.79 Å². The minimum Gasteiger partial charge on any atom is -0.485 e. The Morgan fingerprint density at radius 3 is 2.68 bits per heavy atom. The van der Waals surface area contributed by atoms with Gasteiger partial charge in [0.2, 0.25) is 0 Å². The maximum Gasteiger partial charge on any atom is 0.271 e. The molecule has 2 aromatic carbocycles. The normalized spacial score (nSPS) is 11.8. The van der Waals surface area contributed by atoms with Gasteiger partial charge in [0.25, 0.3) is 5.91 Å². The van der Waals surface area contributed by atoms with E-state index in [4.69, 9.17) is 16.3 Å². The van der Waals surface area contributed by atoms with Crippen LogP contribution in [0.2, 0.25) is 5.02 Å². The summed E-state index contributed by atoms with van der Waals surface area (Å²) in [5.41, 5.74) is 1.44. The Balaban J connectivity index is 1.59. The highest BCUT2D eigenvalue weighted by atomic mass is 35.5. The quantitative estimate of drug-likeness (QED) is 0.671. The van der Waals surface area contributed by atoms with Gasteiger partial charge in [-0.3, -0.25) is 4.79 Å². The van der Waals surface area contributed by atoms with Crippen molar-refractivity contribution in [3.05, 3.63) is 81.3 Å². The standard InChI is InChI=1S/C19H17ClN2O2S/c1-13(14-7-3-2-4-8-14)21-19(23)16-12-25-18(22-16)11-24-17-10-6-5-9-15(17)20/h2-10,12-13H,11H2,1H3,(H,21,23)/t13-/m1/s1. The monoisotopic (exact) mass is 372 g/mol. The van der Waals surface area contributed by atoms with Crippen molar-refractivity contribution in [1.29, 1.82) is 0 Å². The number of hydrogen-bond acceptors (Lipinski definition) is 4. The van der Waals surface area contributed by atoms with Crippen molar-refractivity contribution in [2.24, 2.45) is 0 Å². The highest BCUT2D eigenvalue weighted by molar-refractivity contribution is 7.09. The summed E-state index contributed by atoms with van der Waals surface area (Å²) in [6.07, 6.45) is 0. The summed E-state index contributed by atoms with van der Waals surface area (Å²) in [7, 11) is 0. The summed E-state index contributed by atoms with van der Waals surface area (Å²) >= 11 is 7.44. The van der Waals surface area contributed by atoms with E-state index in [-0.39, 0.29) is 18.6 Å². The van der Waals surface area contributed by atoms with Crippen molar-refractivity contribution in [3.63, 3.8) is 0 Å². The fourth-order valence-corrected chi connectivity index (χ4v) is 3.15. The van der Waals surface area contributed by atoms with Crippen LogP contribution in [0.25, 0.3) is 0 Å². The highest BCUT2D eigenvalue weighted by Gasteiger charge is 2.15. The van der Waals surface area contributed by atoms with Gasteiger partial charge >= 0.3 is 0 Å². The van der Waals surface area contributed by atoms with E-state index in [0.29, 0.717) is 16.5 Å². The number of thiazole rings is 1. The first-order chi connectivity index (χ1) is 12.1. The number of benzene rings is 2. The number of hydrogen-bond donors (Lipinski definition) is 1. The molecular formula is C19H17ClN2O2S. The Labute approximate surface area is 155 Å². The SMILES string of the molecule is C[C@@H](NC(=O)c1csc(COc2ccccc2Cl)n1)c1ccccc1. The number of nitrogens with one attached hydrogen (secondary N) is 1. The maximum absolute atomic E-state index is 12.3. The van der Waals surface area contributed by atoms with E-state index in [1.165, 1.54) is 11.3 Å². The molecular weight excluding hydrogens is 356 g/mol. The van der Waals surface area contributed by atoms with Crippen molar-refractivity contribution in [2.45, 2.75) is 19.6 Å². The Bertz CT molecular complexity index is 851. The molecule has 3 aromatic rings. The Hall–Kier alpha value is -2.37. The van der Waals surface area contributed by atoms with Crippen LogP contribution in [-0.4, -0.2) is 10.9 Å². The van der Waals surface area contributed by atoms with Gasteiger partial charge in [0.05, 0.1) is 11.1 Å². The smallest absolute Gasteiger partial charge is 0.271 e. The van der Waals surface area contributed by atoms with Crippen LogP contribution in [0, 0.1) is 0 Å². The van der Waals surface area contributed by atoms with Crippen LogP contribution in [0.4, 0.5) is 0 Å². The van der Waals surface area contributed by atoms with Crippen LogP contribution < -0.4 is 10.1 Å². The van der Waals surface area contributed by atoms with Gasteiger partial charge in [-0.1, -0.05) is 54.1 Å². The lowest BCUT2D eigenvalue weighted by atomic mass is 10.1. The second-order valence-corrected chi connectivity index (χ2v) is 6.80. The van der Waals surface area contributed by atoms with Crippen LogP contribution in [0.3, 0.4) is 0 Å². The van der Waals surface area contributed by atoms with Crippen molar-refractivity contribution in [1.82, 2.24) is 10.3 Å². The van der Waals surface area contributed by atoms with E-state index in [1.807, 2.05) is 49.4 Å². The average Bonchev–Trinajstić information content (AvgIpc) is 3.11. The zero-order chi connectivity index (χ0) is 17.6. The number of rotatable bonds is 6. The number of carbonyl (C=O) groups excluding carboxylic acids is 1. The maximum atomic E-state index is 12.3. The van der Waals surface area contributed by atoms with E-state index in [0.717, 1.165) is 10.6 Å². The van der Waals surface area contributed by atoms with Crippen LogP contribution >= 0.6 is 22.9 Å². The minimum absolute atomic E-state index is 0.0850. The van der Waals surface area contributed by atoms with E-state index < -0.39 is 0 Å². The molecule has 0 saturated heterocycles. The molecule has 1 heterocycles. The van der Waals surface area contributed by atoms with Gasteiger partial charge in [-0.15, -0.1) is 11.3 Å². The van der Waals surface area contributed by atoms with Gasteiger partial charge in [-0.2, -0.15) is 0 Å². The van der Waals surface area contributed by atoms with Gasteiger partial charge in [0.1, 0.15) is 23.1 Å². The molecule has 128 valence electrons. The van der Waals surface area contributed by atoms with Gasteiger partial charge in [0.15, 0.2) is 0 Å². The van der Waals surface area contributed by atoms with E-state index in [2.05, 4.69) is 10.3 Å². The zero-order valence-electron chi connectivity index (χ0n) is 13.6. The first-order valence-corrected chi connectivity index (χ1v) is 9.07. The Morgan fingerprint density at radius 2 is 1.92 bits per heavy atom. The molecule has 1 aromatic heterocycles. The lowest BCUT2D eigenvalue weighted by Crippen LogP contribution is -2.26. The van der Waals surface area contributed by atoms with Crippen molar-refractivity contribution < 1.29 is 9.53 Å². The summed E-state index contributed by atoms with van der Waals surface area (Å²) in [5, 5.41) is 5.96. The highest BCUT2D eigenvalue weighted by Crippen LogP contribution is 2.24. The van der Waals surface area contributed by atoms with Gasteiger partial charge < -0.3 is 10.1 Å². The molecule has 0 bridgehead atoms. The molecule has 0 aliphatic rings. The third-order valence-corrected chi connectivity index (χ3v) is 4.75. The topological polar surface area (TPSA) is 51.2 Å². The number of ether oxygens (including phenoxy) is 1. The summed E-state index contributed by atoms with van der Waals surface area (Å²) in [4.78, 5) is 16.7. The molecule has 4 nitrogen and oxygen atoms in total. The molecule has 6 heteroatoms. The van der Waals surface area contributed by atoms with Crippen LogP contribution in [-0.2, 0) is 6.61 Å². The van der Waals surface area contributed by atoms with Crippen LogP contribution in [0.15, 0.2) is 60.0 Å². The Morgan fingerprint density at radius 1 is 1.20 bits per heavy atom. The molecule has 25 heavy (non-hydrogen) atoms. The molecule has 3 rings (SSSR count). The van der Waals surface area contributed by atoms with Crippen molar-refractivity contribution >= 4 is 28.8 Å². The molecule has 0 aliphatic heterocycles. The molecule has 0 saturated carbocycles. The fraction of sp³-hybridized carbons (Fsp3) is 0.158. The summed E-state index contributed by atoms with van der Waals surface area (Å²) in [6, 6.07) is 17.0.